The van der Waals surface area contributed by atoms with Crippen LogP contribution in [0.3, 0.4) is 0 Å². The molecule has 172 valence electrons. The maximum absolute atomic E-state index is 5.87. The molecule has 1 aromatic heterocycles. The van der Waals surface area contributed by atoms with Gasteiger partial charge in [0.15, 0.2) is 17.5 Å². The van der Waals surface area contributed by atoms with Gasteiger partial charge in [-0.25, -0.2) is 4.98 Å². The largest absolute Gasteiger partial charge is 0.490 e. The van der Waals surface area contributed by atoms with Crippen molar-refractivity contribution >= 4 is 29.9 Å². The Bertz CT molecular complexity index is 807. The summed E-state index contributed by atoms with van der Waals surface area (Å²) >= 11 is 0. The van der Waals surface area contributed by atoms with E-state index in [0.29, 0.717) is 43.0 Å². The van der Waals surface area contributed by atoms with E-state index in [9.17, 15) is 0 Å². The molecule has 0 radical (unpaired) electrons. The molecule has 2 N–H and O–H groups in total. The van der Waals surface area contributed by atoms with Crippen LogP contribution >= 0.6 is 24.0 Å². The van der Waals surface area contributed by atoms with Crippen LogP contribution < -0.4 is 20.1 Å². The average molecular weight is 542 g/mol. The number of aliphatic imine (C=N–C) groups is 1. The fourth-order valence-corrected chi connectivity index (χ4v) is 2.84. The molecule has 0 aliphatic heterocycles. The first-order valence-electron chi connectivity index (χ1n) is 10.2. The van der Waals surface area contributed by atoms with Crippen molar-refractivity contribution < 1.29 is 14.2 Å². The number of aromatic nitrogens is 1. The van der Waals surface area contributed by atoms with Crippen LogP contribution in [-0.4, -0.2) is 44.4 Å². The molecule has 1 atom stereocenters. The van der Waals surface area contributed by atoms with E-state index in [1.807, 2.05) is 43.3 Å². The van der Waals surface area contributed by atoms with Gasteiger partial charge in [0, 0.05) is 39.5 Å². The van der Waals surface area contributed by atoms with Crippen molar-refractivity contribution in [1.29, 1.82) is 0 Å². The highest BCUT2D eigenvalue weighted by atomic mass is 127. The fraction of sp³-hybridized carbons (Fsp3) is 0.478. The molecule has 0 aliphatic rings. The first kappa shape index (κ1) is 27.0. The molecule has 1 aromatic carbocycles. The molecule has 1 unspecified atom stereocenters. The van der Waals surface area contributed by atoms with Crippen LogP contribution in [0.4, 0.5) is 0 Å². The lowest BCUT2D eigenvalue weighted by Crippen LogP contribution is -2.45. The van der Waals surface area contributed by atoms with Gasteiger partial charge in [-0.3, -0.25) is 4.99 Å². The van der Waals surface area contributed by atoms with Crippen LogP contribution in [0.2, 0.25) is 0 Å². The zero-order chi connectivity index (χ0) is 22.0. The third kappa shape index (κ3) is 8.90. The van der Waals surface area contributed by atoms with Gasteiger partial charge in [0.1, 0.15) is 0 Å². The van der Waals surface area contributed by atoms with Crippen LogP contribution in [0, 0.1) is 5.41 Å². The van der Waals surface area contributed by atoms with Crippen molar-refractivity contribution in [1.82, 2.24) is 15.6 Å². The number of nitrogens with one attached hydrogen (secondary N) is 2. The van der Waals surface area contributed by atoms with Crippen LogP contribution in [-0.2, 0) is 11.3 Å². The number of hydrogen-bond acceptors (Lipinski definition) is 5. The standard InChI is InChI=1S/C23H34N4O3.HI/c1-7-29-18-10-8-9-11-19(18)30-21-13-12-17(14-25-21)15-26-22(24-5)27-16-20(28-6)23(2,3)4;/h8-14,20H,7,15-16H2,1-6H3,(H2,24,26,27);1H. The lowest BCUT2D eigenvalue weighted by atomic mass is 9.89. The second kappa shape index (κ2) is 13.4. The molecule has 2 rings (SSSR count). The van der Waals surface area contributed by atoms with Gasteiger partial charge in [-0.1, -0.05) is 39.0 Å². The molecule has 0 amide bonds. The molecule has 7 nitrogen and oxygen atoms in total. The Morgan fingerprint density at radius 1 is 1.10 bits per heavy atom. The Morgan fingerprint density at radius 2 is 1.81 bits per heavy atom. The number of pyridine rings is 1. The van der Waals surface area contributed by atoms with Gasteiger partial charge in [-0.15, -0.1) is 24.0 Å². The Kier molecular flexibility index (Phi) is 11.6. The van der Waals surface area contributed by atoms with Crippen molar-refractivity contribution in [2.75, 3.05) is 27.3 Å². The Balaban J connectivity index is 0.00000480. The maximum Gasteiger partial charge on any atom is 0.219 e. The number of benzene rings is 1. The zero-order valence-electron chi connectivity index (χ0n) is 19.3. The smallest absolute Gasteiger partial charge is 0.219 e. The summed E-state index contributed by atoms with van der Waals surface area (Å²) in [6.07, 6.45) is 1.86. The highest BCUT2D eigenvalue weighted by Gasteiger charge is 2.24. The molecule has 0 fully saturated rings. The normalized spacial score (nSPS) is 12.5. The van der Waals surface area contributed by atoms with E-state index in [1.54, 1.807) is 20.4 Å². The monoisotopic (exact) mass is 542 g/mol. The van der Waals surface area contributed by atoms with E-state index in [4.69, 9.17) is 14.2 Å². The fourth-order valence-electron chi connectivity index (χ4n) is 2.84. The van der Waals surface area contributed by atoms with E-state index >= 15 is 0 Å². The van der Waals surface area contributed by atoms with Gasteiger partial charge in [-0.2, -0.15) is 0 Å². The number of para-hydroxylation sites is 2. The first-order valence-corrected chi connectivity index (χ1v) is 10.2. The molecule has 2 aromatic rings. The Labute approximate surface area is 203 Å². The number of nitrogens with zero attached hydrogens (tertiary/aromatic N) is 2. The van der Waals surface area contributed by atoms with Crippen LogP contribution in [0.15, 0.2) is 47.6 Å². The van der Waals surface area contributed by atoms with Crippen molar-refractivity contribution in [3.8, 4) is 17.4 Å². The molecule has 0 spiro atoms. The second-order valence-corrected chi connectivity index (χ2v) is 7.88. The zero-order valence-corrected chi connectivity index (χ0v) is 21.6. The molecular formula is C23H35IN4O3. The minimum absolute atomic E-state index is 0. The third-order valence-corrected chi connectivity index (χ3v) is 4.55. The van der Waals surface area contributed by atoms with Crippen LogP contribution in [0.5, 0.6) is 17.4 Å². The summed E-state index contributed by atoms with van der Waals surface area (Å²) in [5.74, 6) is 2.58. The average Bonchev–Trinajstić information content (AvgIpc) is 2.72. The number of halogens is 1. The second-order valence-electron chi connectivity index (χ2n) is 7.88. The predicted molar refractivity (Wildman–Crippen MR) is 136 cm³/mol. The summed E-state index contributed by atoms with van der Waals surface area (Å²) in [4.78, 5) is 8.67. The number of guanidine groups is 1. The summed E-state index contributed by atoms with van der Waals surface area (Å²) in [6, 6.07) is 11.4. The Hall–Kier alpha value is -2.07. The molecule has 0 aliphatic carbocycles. The number of hydrogen-bond donors (Lipinski definition) is 2. The Morgan fingerprint density at radius 3 is 2.35 bits per heavy atom. The number of methoxy groups -OCH3 is 1. The minimum Gasteiger partial charge on any atom is -0.490 e. The highest BCUT2D eigenvalue weighted by molar-refractivity contribution is 14.0. The van der Waals surface area contributed by atoms with Gasteiger partial charge < -0.3 is 24.8 Å². The lowest BCUT2D eigenvalue weighted by molar-refractivity contribution is 0.0205. The van der Waals surface area contributed by atoms with E-state index in [0.717, 1.165) is 5.56 Å². The van der Waals surface area contributed by atoms with Gasteiger partial charge >= 0.3 is 0 Å². The van der Waals surface area contributed by atoms with Gasteiger partial charge in [0.05, 0.1) is 12.7 Å². The summed E-state index contributed by atoms with van der Waals surface area (Å²) in [5, 5.41) is 6.61. The van der Waals surface area contributed by atoms with Crippen molar-refractivity contribution in [3.63, 3.8) is 0 Å². The van der Waals surface area contributed by atoms with Gasteiger partial charge in [0.2, 0.25) is 5.88 Å². The quantitative estimate of drug-likeness (QED) is 0.274. The van der Waals surface area contributed by atoms with Gasteiger partial charge in [0.25, 0.3) is 0 Å². The van der Waals surface area contributed by atoms with Crippen molar-refractivity contribution in [2.24, 2.45) is 10.4 Å². The van der Waals surface area contributed by atoms with Crippen molar-refractivity contribution in [2.45, 2.75) is 40.3 Å². The van der Waals surface area contributed by atoms with E-state index < -0.39 is 0 Å². The summed E-state index contributed by atoms with van der Waals surface area (Å²) < 4.78 is 17.0. The maximum atomic E-state index is 5.87. The highest BCUT2D eigenvalue weighted by Crippen LogP contribution is 2.30. The van der Waals surface area contributed by atoms with E-state index in [2.05, 4.69) is 41.4 Å². The number of rotatable bonds is 9. The van der Waals surface area contributed by atoms with Crippen molar-refractivity contribution in [3.05, 3.63) is 48.2 Å². The molecule has 31 heavy (non-hydrogen) atoms. The third-order valence-electron chi connectivity index (χ3n) is 4.55. The number of ether oxygens (including phenoxy) is 3. The first-order chi connectivity index (χ1) is 14.4. The molecular weight excluding hydrogens is 507 g/mol. The lowest BCUT2D eigenvalue weighted by Gasteiger charge is -2.30. The predicted octanol–water partition coefficient (Wildman–Crippen LogP) is 4.62. The minimum atomic E-state index is 0. The molecule has 8 heteroatoms. The van der Waals surface area contributed by atoms with E-state index in [-0.39, 0.29) is 35.5 Å². The summed E-state index contributed by atoms with van der Waals surface area (Å²) in [5.41, 5.74) is 1.06. The summed E-state index contributed by atoms with van der Waals surface area (Å²) in [6.45, 7) is 10.2. The van der Waals surface area contributed by atoms with Crippen LogP contribution in [0.1, 0.15) is 33.3 Å². The van der Waals surface area contributed by atoms with Gasteiger partial charge in [-0.05, 0) is 30.0 Å². The van der Waals surface area contributed by atoms with Crippen LogP contribution in [0.25, 0.3) is 0 Å². The molecule has 0 saturated carbocycles. The topological polar surface area (TPSA) is 77.0 Å². The van der Waals surface area contributed by atoms with E-state index in [1.165, 1.54) is 0 Å². The molecule has 0 saturated heterocycles. The molecule has 0 bridgehead atoms. The summed E-state index contributed by atoms with van der Waals surface area (Å²) in [7, 11) is 3.48. The SMILES string of the molecule is CCOc1ccccc1Oc1ccc(CNC(=NC)NCC(OC)C(C)(C)C)cn1.I. The molecule has 1 heterocycles.